The van der Waals surface area contributed by atoms with Gasteiger partial charge in [0.25, 0.3) is 0 Å². The minimum atomic E-state index is -0.538. The Labute approximate surface area is 207 Å². The number of carbonyl (C=O) groups is 2. The average molecular weight is 480 g/mol. The molecule has 0 aromatic heterocycles. The van der Waals surface area contributed by atoms with Gasteiger partial charge in [0.1, 0.15) is 0 Å². The highest BCUT2D eigenvalue weighted by molar-refractivity contribution is 6.31. The van der Waals surface area contributed by atoms with Crippen molar-refractivity contribution in [2.24, 2.45) is 0 Å². The third kappa shape index (κ3) is 3.70. The van der Waals surface area contributed by atoms with Gasteiger partial charge in [0, 0.05) is 35.5 Å². The first kappa shape index (κ1) is 24.3. The lowest BCUT2D eigenvalue weighted by Gasteiger charge is -2.50. The number of likely N-dealkylation sites (tertiary alicyclic amines) is 1. The van der Waals surface area contributed by atoms with Crippen LogP contribution in [0, 0.1) is 6.92 Å². The molecule has 0 radical (unpaired) electrons. The fourth-order valence-electron chi connectivity index (χ4n) is 6.11. The molecular weight excluding hydrogens is 446 g/mol. The number of fused-ring (bicyclic) bond motifs is 1. The van der Waals surface area contributed by atoms with E-state index in [4.69, 9.17) is 11.6 Å². The predicted octanol–water partition coefficient (Wildman–Crippen LogP) is 5.80. The first-order valence-corrected chi connectivity index (χ1v) is 12.2. The fraction of sp³-hybridized carbons (Fsp3) is 0.429. The Bertz CT molecular complexity index is 1160. The average Bonchev–Trinajstić information content (AvgIpc) is 2.94. The van der Waals surface area contributed by atoms with E-state index < -0.39 is 11.0 Å². The van der Waals surface area contributed by atoms with Crippen LogP contribution < -0.4 is 10.2 Å². The van der Waals surface area contributed by atoms with Crippen molar-refractivity contribution in [3.8, 4) is 0 Å². The zero-order chi connectivity index (χ0) is 25.0. The van der Waals surface area contributed by atoms with Crippen molar-refractivity contribution in [3.05, 3.63) is 70.8 Å². The zero-order valence-corrected chi connectivity index (χ0v) is 21.7. The second-order valence-electron chi connectivity index (χ2n) is 10.4. The number of halogens is 1. The van der Waals surface area contributed by atoms with E-state index in [-0.39, 0.29) is 23.9 Å². The second-order valence-corrected chi connectivity index (χ2v) is 10.8. The molecule has 2 aromatic carbocycles. The Balaban J connectivity index is 1.80. The highest BCUT2D eigenvalue weighted by Crippen LogP contribution is 2.46. The van der Waals surface area contributed by atoms with Gasteiger partial charge in [-0.25, -0.2) is 0 Å². The lowest BCUT2D eigenvalue weighted by molar-refractivity contribution is -0.133. The van der Waals surface area contributed by atoms with Crippen molar-refractivity contribution < 1.29 is 9.59 Å². The highest BCUT2D eigenvalue weighted by Gasteiger charge is 2.46. The number of benzene rings is 2. The molecule has 2 aliphatic rings. The minimum absolute atomic E-state index is 0.00209. The Morgan fingerprint density at radius 2 is 1.79 bits per heavy atom. The van der Waals surface area contributed by atoms with E-state index in [1.165, 1.54) is 6.08 Å². The lowest BCUT2D eigenvalue weighted by Crippen LogP contribution is -2.57. The van der Waals surface area contributed by atoms with E-state index in [0.29, 0.717) is 0 Å². The van der Waals surface area contributed by atoms with Crippen LogP contribution >= 0.6 is 11.6 Å². The number of piperidine rings is 1. The van der Waals surface area contributed by atoms with Crippen molar-refractivity contribution in [3.63, 3.8) is 0 Å². The molecule has 2 aliphatic heterocycles. The first-order valence-electron chi connectivity index (χ1n) is 11.8. The maximum atomic E-state index is 12.8. The number of rotatable bonds is 4. The van der Waals surface area contributed by atoms with Crippen LogP contribution in [0.1, 0.15) is 57.2 Å². The zero-order valence-electron chi connectivity index (χ0n) is 20.9. The molecule has 1 fully saturated rings. The summed E-state index contributed by atoms with van der Waals surface area (Å²) in [5.74, 6) is 0.0508. The summed E-state index contributed by atoms with van der Waals surface area (Å²) in [5.41, 5.74) is 4.10. The van der Waals surface area contributed by atoms with Crippen molar-refractivity contribution in [2.75, 3.05) is 17.3 Å². The molecule has 1 N–H and O–H groups in total. The van der Waals surface area contributed by atoms with E-state index in [0.717, 1.165) is 45.9 Å². The van der Waals surface area contributed by atoms with Crippen LogP contribution in [0.2, 0.25) is 5.02 Å². The molecule has 34 heavy (non-hydrogen) atoms. The number of anilines is 2. The fourth-order valence-corrected chi connectivity index (χ4v) is 6.29. The Morgan fingerprint density at radius 3 is 2.41 bits per heavy atom. The number of hydrogen-bond donors (Lipinski definition) is 1. The summed E-state index contributed by atoms with van der Waals surface area (Å²) in [4.78, 5) is 29.1. The monoisotopic (exact) mass is 479 g/mol. The largest absolute Gasteiger partial charge is 0.375 e. The van der Waals surface area contributed by atoms with Gasteiger partial charge in [0.2, 0.25) is 11.8 Å². The third-order valence-electron chi connectivity index (χ3n) is 7.71. The summed E-state index contributed by atoms with van der Waals surface area (Å²) >= 11 is 6.57. The van der Waals surface area contributed by atoms with E-state index in [2.05, 4.69) is 56.9 Å². The molecule has 180 valence electrons. The Kier molecular flexibility index (Phi) is 6.05. The molecular formula is C28H34ClN3O2. The van der Waals surface area contributed by atoms with Crippen molar-refractivity contribution in [2.45, 2.75) is 70.5 Å². The topological polar surface area (TPSA) is 52.7 Å². The first-order chi connectivity index (χ1) is 15.9. The normalized spacial score (nSPS) is 25.8. The predicted molar refractivity (Wildman–Crippen MR) is 140 cm³/mol. The molecule has 4 rings (SSSR count). The van der Waals surface area contributed by atoms with Gasteiger partial charge in [0.15, 0.2) is 0 Å². The van der Waals surface area contributed by atoms with Crippen LogP contribution in [0.3, 0.4) is 0 Å². The van der Waals surface area contributed by atoms with Gasteiger partial charge in [-0.05, 0) is 88.4 Å². The maximum absolute atomic E-state index is 12.8. The molecule has 2 heterocycles. The third-order valence-corrected chi connectivity index (χ3v) is 8.11. The van der Waals surface area contributed by atoms with E-state index >= 15 is 0 Å². The van der Waals surface area contributed by atoms with E-state index in [1.54, 1.807) is 4.90 Å². The summed E-state index contributed by atoms with van der Waals surface area (Å²) in [7, 11) is 1.83. The Morgan fingerprint density at radius 1 is 1.15 bits per heavy atom. The number of carbonyl (C=O) groups excluding carboxylic acids is 2. The van der Waals surface area contributed by atoms with Crippen molar-refractivity contribution in [1.82, 2.24) is 4.90 Å². The molecule has 5 nitrogen and oxygen atoms in total. The summed E-state index contributed by atoms with van der Waals surface area (Å²) in [6, 6.07) is 12.2. The van der Waals surface area contributed by atoms with Gasteiger partial charge >= 0.3 is 0 Å². The Hall–Kier alpha value is -2.79. The lowest BCUT2D eigenvalue weighted by atomic mass is 9.73. The van der Waals surface area contributed by atoms with Crippen molar-refractivity contribution >= 4 is 34.8 Å². The molecule has 0 saturated carbocycles. The number of nitrogens with one attached hydrogen (secondary N) is 1. The quantitative estimate of drug-likeness (QED) is 0.564. The summed E-state index contributed by atoms with van der Waals surface area (Å²) in [6.45, 7) is 13.9. The second kappa shape index (κ2) is 8.46. The molecule has 2 aromatic rings. The van der Waals surface area contributed by atoms with Crippen LogP contribution in [0.5, 0.6) is 0 Å². The molecule has 0 spiro atoms. The number of amides is 2. The number of hydrogen-bond acceptors (Lipinski definition) is 3. The smallest absolute Gasteiger partial charge is 0.246 e. The van der Waals surface area contributed by atoms with Crippen LogP contribution in [0.25, 0.3) is 0 Å². The van der Waals surface area contributed by atoms with Crippen LogP contribution in [0.15, 0.2) is 49.1 Å². The molecule has 0 aliphatic carbocycles. The van der Waals surface area contributed by atoms with Gasteiger partial charge in [-0.2, -0.15) is 0 Å². The molecule has 1 unspecified atom stereocenters. The van der Waals surface area contributed by atoms with Gasteiger partial charge in [-0.15, -0.1) is 0 Å². The maximum Gasteiger partial charge on any atom is 0.246 e. The van der Waals surface area contributed by atoms with Crippen LogP contribution in [0.4, 0.5) is 11.4 Å². The van der Waals surface area contributed by atoms with Gasteiger partial charge in [0.05, 0.1) is 11.0 Å². The molecule has 1 saturated heterocycles. The molecule has 3 atom stereocenters. The molecule has 2 amide bonds. The number of likely N-dealkylation sites (N-methyl/N-ethyl adjacent to an activating group) is 1. The van der Waals surface area contributed by atoms with E-state index in [1.807, 2.05) is 37.9 Å². The van der Waals surface area contributed by atoms with Gasteiger partial charge in [-0.3, -0.25) is 9.59 Å². The van der Waals surface area contributed by atoms with Crippen LogP contribution in [-0.2, 0) is 20.5 Å². The molecule has 6 heteroatoms. The SMILES string of the molecule is C=CC(=O)N1[C@H](C)CC(Nc2ccc3c(c2)N(C)C(=O)C3(C)C)(c2cccc(Cl)c2C)C[C@@H]1C. The van der Waals surface area contributed by atoms with Crippen LogP contribution in [-0.4, -0.2) is 35.8 Å². The summed E-state index contributed by atoms with van der Waals surface area (Å²) in [5, 5.41) is 4.58. The minimum Gasteiger partial charge on any atom is -0.375 e. The highest BCUT2D eigenvalue weighted by atomic mass is 35.5. The number of nitrogens with zero attached hydrogens (tertiary/aromatic N) is 2. The van der Waals surface area contributed by atoms with Crippen molar-refractivity contribution in [1.29, 1.82) is 0 Å². The standard InChI is InChI=1S/C28H34ClN3O2/c1-8-25(33)32-17(2)15-28(16-18(32)3,21-10-9-11-23(29)19(21)4)30-20-12-13-22-24(14-20)31(7)26(34)27(22,5)6/h8-14,17-18,30H,1,15-16H2,2-7H3/t17-,18+,28?. The van der Waals surface area contributed by atoms with E-state index in [9.17, 15) is 9.59 Å². The van der Waals surface area contributed by atoms with Gasteiger partial charge in [-0.1, -0.05) is 36.4 Å². The van der Waals surface area contributed by atoms with Gasteiger partial charge < -0.3 is 15.1 Å². The summed E-state index contributed by atoms with van der Waals surface area (Å²) < 4.78 is 0. The summed E-state index contributed by atoms with van der Waals surface area (Å²) in [6.07, 6.45) is 2.83. The molecule has 0 bridgehead atoms.